The van der Waals surface area contributed by atoms with E-state index in [9.17, 15) is 4.79 Å². The van der Waals surface area contributed by atoms with Crippen LogP contribution < -0.4 is 10.1 Å². The topological polar surface area (TPSA) is 54.5 Å². The van der Waals surface area contributed by atoms with Crippen molar-refractivity contribution in [3.05, 3.63) is 96.1 Å². The number of halogens is 1. The van der Waals surface area contributed by atoms with E-state index in [1.807, 2.05) is 60.7 Å². The lowest BCUT2D eigenvalue weighted by Gasteiger charge is -2.21. The number of carbonyl (C=O) groups excluding carboxylic acids is 1. The van der Waals surface area contributed by atoms with Crippen molar-refractivity contribution in [1.29, 1.82) is 0 Å². The molecule has 2 heterocycles. The number of nitrogens with one attached hydrogen (secondary N) is 1. The third-order valence-electron chi connectivity index (χ3n) is 7.13. The highest BCUT2D eigenvalue weighted by molar-refractivity contribution is 5.93. The van der Waals surface area contributed by atoms with Gasteiger partial charge < -0.3 is 10.1 Å². The van der Waals surface area contributed by atoms with Crippen molar-refractivity contribution in [2.24, 2.45) is 0 Å². The van der Waals surface area contributed by atoms with E-state index in [1.54, 1.807) is 0 Å². The molecule has 38 heavy (non-hydrogen) atoms. The summed E-state index contributed by atoms with van der Waals surface area (Å²) in [5.41, 5.74) is 4.66. The third kappa shape index (κ3) is 6.53. The Labute approximate surface area is 231 Å². The highest BCUT2D eigenvalue weighted by Gasteiger charge is 2.22. The Hall–Kier alpha value is -3.41. The van der Waals surface area contributed by atoms with Crippen LogP contribution in [0.3, 0.4) is 0 Å². The van der Waals surface area contributed by atoms with E-state index in [-0.39, 0.29) is 30.8 Å². The van der Waals surface area contributed by atoms with E-state index in [2.05, 4.69) is 41.4 Å². The van der Waals surface area contributed by atoms with Crippen LogP contribution in [0.15, 0.2) is 84.9 Å². The molecule has 0 saturated carbocycles. The lowest BCUT2D eigenvalue weighted by atomic mass is 9.99. The Balaban J connectivity index is 0.00000336. The lowest BCUT2D eigenvalue weighted by Crippen LogP contribution is -2.30. The molecule has 1 fully saturated rings. The first kappa shape index (κ1) is 27.6. The number of ether oxygens (including phenoxy) is 1. The van der Waals surface area contributed by atoms with Gasteiger partial charge in [0.2, 0.25) is 5.91 Å². The number of pyridine rings is 1. The number of benzene rings is 3. The molecule has 198 valence electrons. The van der Waals surface area contributed by atoms with Gasteiger partial charge in [-0.05, 0) is 44.0 Å². The van der Waals surface area contributed by atoms with Gasteiger partial charge in [0.1, 0.15) is 18.1 Å². The molecular weight excluding hydrogens is 494 g/mol. The number of likely N-dealkylation sites (tertiary alicyclic amines) is 1. The van der Waals surface area contributed by atoms with Crippen LogP contribution in [0, 0.1) is 0 Å². The van der Waals surface area contributed by atoms with Crippen molar-refractivity contribution in [3.8, 4) is 17.0 Å². The molecule has 1 aliphatic rings. The summed E-state index contributed by atoms with van der Waals surface area (Å²) in [6, 6.07) is 28.3. The van der Waals surface area contributed by atoms with Gasteiger partial charge >= 0.3 is 0 Å². The van der Waals surface area contributed by atoms with Crippen molar-refractivity contribution in [2.45, 2.75) is 38.6 Å². The average molecular weight is 530 g/mol. The number of carbonyl (C=O) groups is 1. The number of hydrogen-bond donors (Lipinski definition) is 1. The van der Waals surface area contributed by atoms with Crippen LogP contribution in [0.4, 0.5) is 0 Å². The van der Waals surface area contributed by atoms with Crippen LogP contribution in [-0.4, -0.2) is 42.0 Å². The van der Waals surface area contributed by atoms with E-state index in [0.717, 1.165) is 59.3 Å². The van der Waals surface area contributed by atoms with Gasteiger partial charge in [-0.3, -0.25) is 9.69 Å². The van der Waals surface area contributed by atoms with Crippen LogP contribution >= 0.6 is 12.4 Å². The zero-order valence-electron chi connectivity index (χ0n) is 21.9. The molecule has 0 spiro atoms. The van der Waals surface area contributed by atoms with Gasteiger partial charge in [0, 0.05) is 23.1 Å². The van der Waals surface area contributed by atoms with Crippen molar-refractivity contribution in [1.82, 2.24) is 15.2 Å². The highest BCUT2D eigenvalue weighted by Crippen LogP contribution is 2.37. The number of amides is 1. The number of rotatable bonds is 10. The van der Waals surface area contributed by atoms with Gasteiger partial charge in [0.15, 0.2) is 0 Å². The minimum Gasteiger partial charge on any atom is -0.490 e. The van der Waals surface area contributed by atoms with E-state index in [1.165, 1.54) is 12.8 Å². The number of fused-ring (bicyclic) bond motifs is 1. The molecule has 0 aliphatic carbocycles. The standard InChI is InChI=1S/C32H35N3O2.ClH/c1-2-28(24-13-5-3-6-14-24)33-30(36)23-27-26-17-9-10-18-29(26)34-31(25-15-7-4-8-16-25)32(27)37-22-21-35-19-11-12-20-35;/h3-10,13-18,28H,2,11-12,19-23H2,1H3,(H,33,36);1H/t28-;/m0./s1. The van der Waals surface area contributed by atoms with Crippen LogP contribution in [0.25, 0.3) is 22.2 Å². The Morgan fingerprint density at radius 3 is 2.32 bits per heavy atom. The van der Waals surface area contributed by atoms with E-state index in [4.69, 9.17) is 9.72 Å². The summed E-state index contributed by atoms with van der Waals surface area (Å²) in [5, 5.41) is 4.22. The van der Waals surface area contributed by atoms with Crippen LogP contribution in [0.1, 0.15) is 43.4 Å². The lowest BCUT2D eigenvalue weighted by molar-refractivity contribution is -0.121. The highest BCUT2D eigenvalue weighted by atomic mass is 35.5. The van der Waals surface area contributed by atoms with Gasteiger partial charge in [-0.2, -0.15) is 0 Å². The van der Waals surface area contributed by atoms with Gasteiger partial charge in [-0.15, -0.1) is 12.4 Å². The molecule has 0 unspecified atom stereocenters. The molecule has 5 nitrogen and oxygen atoms in total. The van der Waals surface area contributed by atoms with Crippen molar-refractivity contribution >= 4 is 29.2 Å². The molecule has 4 aromatic rings. The predicted octanol–water partition coefficient (Wildman–Crippen LogP) is 6.61. The fourth-order valence-electron chi connectivity index (χ4n) is 5.18. The zero-order valence-corrected chi connectivity index (χ0v) is 22.8. The van der Waals surface area contributed by atoms with Crippen LogP contribution in [-0.2, 0) is 11.2 Å². The smallest absolute Gasteiger partial charge is 0.225 e. The summed E-state index contributed by atoms with van der Waals surface area (Å²) >= 11 is 0. The van der Waals surface area contributed by atoms with E-state index < -0.39 is 0 Å². The second kappa shape index (κ2) is 13.4. The first-order valence-electron chi connectivity index (χ1n) is 13.4. The average Bonchev–Trinajstić information content (AvgIpc) is 3.47. The van der Waals surface area contributed by atoms with Crippen molar-refractivity contribution in [3.63, 3.8) is 0 Å². The predicted molar refractivity (Wildman–Crippen MR) is 157 cm³/mol. The Morgan fingerprint density at radius 2 is 1.61 bits per heavy atom. The fraction of sp³-hybridized carbons (Fsp3) is 0.312. The van der Waals surface area contributed by atoms with Gasteiger partial charge in [-0.25, -0.2) is 4.98 Å². The minimum atomic E-state index is -0.0325. The Bertz CT molecular complexity index is 1320. The number of nitrogens with zero attached hydrogens (tertiary/aromatic N) is 2. The number of para-hydroxylation sites is 1. The maximum Gasteiger partial charge on any atom is 0.225 e. The molecule has 1 atom stereocenters. The fourth-order valence-corrected chi connectivity index (χ4v) is 5.18. The monoisotopic (exact) mass is 529 g/mol. The minimum absolute atomic E-state index is 0. The van der Waals surface area contributed by atoms with Crippen LogP contribution in [0.2, 0.25) is 0 Å². The molecule has 0 radical (unpaired) electrons. The van der Waals surface area contributed by atoms with Crippen molar-refractivity contribution in [2.75, 3.05) is 26.2 Å². The van der Waals surface area contributed by atoms with Gasteiger partial charge in [0.05, 0.1) is 18.0 Å². The summed E-state index contributed by atoms with van der Waals surface area (Å²) in [6.45, 7) is 5.78. The summed E-state index contributed by atoms with van der Waals surface area (Å²) in [6.07, 6.45) is 3.54. The van der Waals surface area contributed by atoms with E-state index in [0.29, 0.717) is 12.4 Å². The molecule has 1 aromatic heterocycles. The van der Waals surface area contributed by atoms with Gasteiger partial charge in [-0.1, -0.05) is 85.8 Å². The summed E-state index contributed by atoms with van der Waals surface area (Å²) in [7, 11) is 0. The second-order valence-corrected chi connectivity index (χ2v) is 9.66. The van der Waals surface area contributed by atoms with Crippen molar-refractivity contribution < 1.29 is 9.53 Å². The molecule has 6 heteroatoms. The van der Waals surface area contributed by atoms with E-state index >= 15 is 0 Å². The SMILES string of the molecule is CC[C@H](NC(=O)Cc1c(OCCN2CCCC2)c(-c2ccccc2)nc2ccccc12)c1ccccc1.Cl. The summed E-state index contributed by atoms with van der Waals surface area (Å²) in [5.74, 6) is 0.697. The molecule has 1 aliphatic heterocycles. The molecular formula is C32H36ClN3O2. The number of hydrogen-bond acceptors (Lipinski definition) is 4. The molecule has 1 N–H and O–H groups in total. The molecule has 1 saturated heterocycles. The van der Waals surface area contributed by atoms with Gasteiger partial charge in [0.25, 0.3) is 0 Å². The summed E-state index contributed by atoms with van der Waals surface area (Å²) < 4.78 is 6.53. The quantitative estimate of drug-likeness (QED) is 0.251. The number of aromatic nitrogens is 1. The first-order chi connectivity index (χ1) is 18.2. The molecule has 1 amide bonds. The third-order valence-corrected chi connectivity index (χ3v) is 7.13. The maximum absolute atomic E-state index is 13.5. The second-order valence-electron chi connectivity index (χ2n) is 9.66. The Morgan fingerprint density at radius 1 is 0.947 bits per heavy atom. The molecule has 5 rings (SSSR count). The Kier molecular flexibility index (Phi) is 9.74. The molecule has 3 aromatic carbocycles. The maximum atomic E-state index is 13.5. The molecule has 0 bridgehead atoms. The first-order valence-corrected chi connectivity index (χ1v) is 13.4. The largest absolute Gasteiger partial charge is 0.490 e. The summed E-state index contributed by atoms with van der Waals surface area (Å²) in [4.78, 5) is 20.9. The normalized spacial score (nSPS) is 14.1. The zero-order chi connectivity index (χ0) is 25.5. The van der Waals surface area contributed by atoms with Crippen LogP contribution in [0.5, 0.6) is 5.75 Å².